The summed E-state index contributed by atoms with van der Waals surface area (Å²) in [6, 6.07) is 4.95. The number of alkyl carbamates (subject to hydrolysis) is 1. The highest BCUT2D eigenvalue weighted by atomic mass is 35.5. The van der Waals surface area contributed by atoms with Crippen LogP contribution in [0.2, 0.25) is 5.02 Å². The quantitative estimate of drug-likeness (QED) is 0.288. The highest BCUT2D eigenvalue weighted by molar-refractivity contribution is 8.01. The van der Waals surface area contributed by atoms with Crippen LogP contribution >= 0.6 is 34.7 Å². The number of hydrogen-bond donors (Lipinski definition) is 3. The minimum atomic E-state index is -0.694. The van der Waals surface area contributed by atoms with Crippen LogP contribution in [0.1, 0.15) is 40.5 Å². The summed E-state index contributed by atoms with van der Waals surface area (Å²) in [5, 5.41) is 12.2. The summed E-state index contributed by atoms with van der Waals surface area (Å²) >= 11 is 9.20. The Balaban J connectivity index is 1.28. The normalized spacial score (nSPS) is 16.8. The van der Waals surface area contributed by atoms with Gasteiger partial charge in [0, 0.05) is 19.6 Å². The van der Waals surface area contributed by atoms with Gasteiger partial charge in [-0.1, -0.05) is 17.7 Å². The number of rotatable bonds is 6. The number of H-pyrrole nitrogens is 1. The molecule has 4 heterocycles. The molecular weight excluding hydrogens is 572 g/mol. The van der Waals surface area contributed by atoms with Gasteiger partial charge in [0.25, 0.3) is 0 Å². The first-order valence-electron chi connectivity index (χ1n) is 13.0. The third-order valence-corrected chi connectivity index (χ3v) is 8.90. The molecule has 1 aliphatic heterocycles. The molecule has 1 fully saturated rings. The SMILES string of the molecule is C[C@H](NC(=O)OC(C)(C)C)C(=O)N1CCCC(Cn2cnc(=N)c3[nH]c(Sc4nc5cccc(Cl)c5s4)nc32)C1. The molecular formula is C26H31ClN8O3S2. The minimum absolute atomic E-state index is 0.112. The van der Waals surface area contributed by atoms with Crippen molar-refractivity contribution in [2.75, 3.05) is 13.1 Å². The lowest BCUT2D eigenvalue weighted by Crippen LogP contribution is -2.51. The average molecular weight is 603 g/mol. The van der Waals surface area contributed by atoms with Crippen LogP contribution in [0.3, 0.4) is 0 Å². The van der Waals surface area contributed by atoms with Gasteiger partial charge in [-0.15, -0.1) is 11.3 Å². The molecule has 1 saturated heterocycles. The number of amides is 2. The fraction of sp³-hybridized carbons (Fsp3) is 0.462. The molecule has 1 unspecified atom stereocenters. The van der Waals surface area contributed by atoms with Gasteiger partial charge < -0.3 is 24.5 Å². The molecule has 0 aliphatic carbocycles. The van der Waals surface area contributed by atoms with E-state index in [1.54, 1.807) is 38.9 Å². The van der Waals surface area contributed by atoms with Crippen molar-refractivity contribution in [2.24, 2.45) is 5.92 Å². The maximum atomic E-state index is 13.1. The molecule has 5 rings (SSSR count). The standard InChI is InChI=1S/C26H31ClN8O3S2/c1-14(30-24(37)38-26(2,3)4)22(36)34-10-6-7-15(11-34)12-35-13-29-20(28)18-21(35)33-23(32-18)40-25-31-17-9-5-8-16(27)19(17)39-25/h5,8-9,13-15,28H,6-7,10-12H2,1-4H3,(H,30,37)(H,32,33)/t14-,15?/m0/s1. The van der Waals surface area contributed by atoms with Crippen LogP contribution in [-0.4, -0.2) is 66.1 Å². The van der Waals surface area contributed by atoms with E-state index in [-0.39, 0.29) is 17.3 Å². The molecule has 11 nitrogen and oxygen atoms in total. The summed E-state index contributed by atoms with van der Waals surface area (Å²) in [5.41, 5.74) is 1.48. The number of carbonyl (C=O) groups is 2. The minimum Gasteiger partial charge on any atom is -0.444 e. The van der Waals surface area contributed by atoms with E-state index in [9.17, 15) is 9.59 Å². The lowest BCUT2D eigenvalue weighted by Gasteiger charge is -2.34. The molecule has 3 N–H and O–H groups in total. The summed E-state index contributed by atoms with van der Waals surface area (Å²) in [5.74, 6) is 0.0250. The fourth-order valence-corrected chi connectivity index (χ4v) is 6.91. The topological polar surface area (TPSA) is 142 Å². The highest BCUT2D eigenvalue weighted by Crippen LogP contribution is 2.36. The number of imidazole rings is 1. The van der Waals surface area contributed by atoms with E-state index in [4.69, 9.17) is 26.7 Å². The van der Waals surface area contributed by atoms with Gasteiger partial charge in [-0.3, -0.25) is 10.2 Å². The lowest BCUT2D eigenvalue weighted by molar-refractivity contribution is -0.135. The van der Waals surface area contributed by atoms with Crippen LogP contribution in [-0.2, 0) is 16.1 Å². The zero-order chi connectivity index (χ0) is 28.6. The van der Waals surface area contributed by atoms with Crippen LogP contribution in [0.5, 0.6) is 0 Å². The van der Waals surface area contributed by atoms with E-state index in [0.717, 1.165) is 27.4 Å². The Bertz CT molecular complexity index is 1630. The zero-order valence-electron chi connectivity index (χ0n) is 22.7. The molecule has 3 aromatic heterocycles. The zero-order valence-corrected chi connectivity index (χ0v) is 25.0. The maximum Gasteiger partial charge on any atom is 0.408 e. The maximum absolute atomic E-state index is 13.1. The summed E-state index contributed by atoms with van der Waals surface area (Å²) in [4.78, 5) is 43.9. The molecule has 4 aromatic rings. The van der Waals surface area contributed by atoms with E-state index in [2.05, 4.69) is 20.3 Å². The highest BCUT2D eigenvalue weighted by Gasteiger charge is 2.29. The van der Waals surface area contributed by atoms with Crippen molar-refractivity contribution in [1.29, 1.82) is 5.41 Å². The Hall–Kier alpha value is -3.16. The van der Waals surface area contributed by atoms with Crippen LogP contribution in [0.25, 0.3) is 21.4 Å². The first-order valence-corrected chi connectivity index (χ1v) is 15.0. The molecule has 2 amide bonds. The predicted octanol–water partition coefficient (Wildman–Crippen LogP) is 4.80. The molecule has 0 radical (unpaired) electrons. The van der Waals surface area contributed by atoms with Gasteiger partial charge in [-0.25, -0.2) is 19.7 Å². The molecule has 2 atom stereocenters. The van der Waals surface area contributed by atoms with E-state index in [1.165, 1.54) is 23.1 Å². The Labute approximate surface area is 244 Å². The van der Waals surface area contributed by atoms with Gasteiger partial charge in [0.05, 0.1) is 21.6 Å². The van der Waals surface area contributed by atoms with E-state index in [1.807, 2.05) is 22.8 Å². The number of aromatic nitrogens is 5. The number of fused-ring (bicyclic) bond motifs is 2. The first kappa shape index (κ1) is 28.4. The lowest BCUT2D eigenvalue weighted by atomic mass is 9.97. The number of ether oxygens (including phenoxy) is 1. The number of carbonyl (C=O) groups excluding carboxylic acids is 2. The summed E-state index contributed by atoms with van der Waals surface area (Å²) in [6.07, 6.45) is 2.81. The number of halogens is 1. The van der Waals surface area contributed by atoms with Gasteiger partial charge >= 0.3 is 6.09 Å². The van der Waals surface area contributed by atoms with Crippen molar-refractivity contribution in [3.8, 4) is 0 Å². The van der Waals surface area contributed by atoms with E-state index in [0.29, 0.717) is 41.0 Å². The molecule has 0 spiro atoms. The smallest absolute Gasteiger partial charge is 0.408 e. The van der Waals surface area contributed by atoms with Crippen molar-refractivity contribution in [3.05, 3.63) is 35.0 Å². The summed E-state index contributed by atoms with van der Waals surface area (Å²) in [7, 11) is 0. The molecule has 1 aromatic carbocycles. The number of benzene rings is 1. The monoisotopic (exact) mass is 602 g/mol. The number of nitrogens with zero attached hydrogens (tertiary/aromatic N) is 5. The molecule has 212 valence electrons. The van der Waals surface area contributed by atoms with Gasteiger partial charge in [0.15, 0.2) is 20.6 Å². The second-order valence-corrected chi connectivity index (χ2v) is 13.5. The number of likely N-dealkylation sites (tertiary alicyclic amines) is 1. The number of thiazole rings is 1. The van der Waals surface area contributed by atoms with Crippen molar-refractivity contribution in [3.63, 3.8) is 0 Å². The van der Waals surface area contributed by atoms with E-state index >= 15 is 0 Å². The largest absolute Gasteiger partial charge is 0.444 e. The number of aromatic amines is 1. The third kappa shape index (κ3) is 6.42. The Morgan fingerprint density at radius 3 is 2.90 bits per heavy atom. The average Bonchev–Trinajstić information content (AvgIpc) is 3.50. The second-order valence-electron chi connectivity index (χ2n) is 10.8. The Kier molecular flexibility index (Phi) is 8.07. The second kappa shape index (κ2) is 11.4. The third-order valence-electron chi connectivity index (χ3n) is 6.42. The molecule has 0 saturated carbocycles. The number of nitrogens with one attached hydrogen (secondary N) is 3. The molecule has 40 heavy (non-hydrogen) atoms. The first-order chi connectivity index (χ1) is 19.0. The fourth-order valence-electron chi connectivity index (χ4n) is 4.68. The van der Waals surface area contributed by atoms with Crippen molar-refractivity contribution in [2.45, 2.75) is 68.2 Å². The van der Waals surface area contributed by atoms with Crippen molar-refractivity contribution < 1.29 is 14.3 Å². The Morgan fingerprint density at radius 2 is 2.15 bits per heavy atom. The molecule has 1 aliphatic rings. The predicted molar refractivity (Wildman–Crippen MR) is 155 cm³/mol. The Morgan fingerprint density at radius 1 is 1.35 bits per heavy atom. The summed E-state index contributed by atoms with van der Waals surface area (Å²) < 4.78 is 8.94. The van der Waals surface area contributed by atoms with E-state index < -0.39 is 17.7 Å². The van der Waals surface area contributed by atoms with Crippen molar-refractivity contribution >= 4 is 68.1 Å². The molecule has 14 heteroatoms. The van der Waals surface area contributed by atoms with Gasteiger partial charge in [0.2, 0.25) is 5.91 Å². The van der Waals surface area contributed by atoms with Crippen LogP contribution < -0.4 is 10.8 Å². The number of piperidine rings is 1. The number of hydrogen-bond acceptors (Lipinski definition) is 9. The van der Waals surface area contributed by atoms with Gasteiger partial charge in [0.1, 0.15) is 17.2 Å². The van der Waals surface area contributed by atoms with Gasteiger partial charge in [-0.2, -0.15) is 0 Å². The van der Waals surface area contributed by atoms with Crippen molar-refractivity contribution in [1.82, 2.24) is 34.7 Å². The van der Waals surface area contributed by atoms with Gasteiger partial charge in [-0.05, 0) is 70.3 Å². The summed E-state index contributed by atoms with van der Waals surface area (Å²) in [6.45, 7) is 8.79. The van der Waals surface area contributed by atoms with Crippen LogP contribution in [0, 0.1) is 11.3 Å². The molecule has 0 bridgehead atoms. The van der Waals surface area contributed by atoms with Crippen LogP contribution in [0.15, 0.2) is 34.0 Å². The van der Waals surface area contributed by atoms with Crippen LogP contribution in [0.4, 0.5) is 4.79 Å².